The van der Waals surface area contributed by atoms with E-state index in [0.717, 1.165) is 23.4 Å². The standard InChI is InChI=1S/C20H26N2O2S/c1-6-17(15-7-8-18(23-4)19(12-15)24-5)22-20(25)21-16-10-13(2)9-14(3)11-16/h7-12,17H,6H2,1-5H3,(H2,21,22,25)/t17-/m1/s1. The second-order valence-electron chi connectivity index (χ2n) is 6.05. The second-order valence-corrected chi connectivity index (χ2v) is 6.46. The molecule has 2 N–H and O–H groups in total. The number of rotatable bonds is 6. The molecule has 2 aromatic carbocycles. The van der Waals surface area contributed by atoms with E-state index >= 15 is 0 Å². The molecular weight excluding hydrogens is 332 g/mol. The van der Waals surface area contributed by atoms with Crippen LogP contribution < -0.4 is 20.1 Å². The van der Waals surface area contributed by atoms with Gasteiger partial charge in [-0.1, -0.05) is 19.1 Å². The highest BCUT2D eigenvalue weighted by atomic mass is 32.1. The van der Waals surface area contributed by atoms with Crippen LogP contribution in [0.3, 0.4) is 0 Å². The first kappa shape index (κ1) is 19.1. The number of aryl methyl sites for hydroxylation is 2. The number of thiocarbonyl (C=S) groups is 1. The van der Waals surface area contributed by atoms with Crippen LogP contribution in [-0.2, 0) is 0 Å². The Labute approximate surface area is 155 Å². The zero-order valence-electron chi connectivity index (χ0n) is 15.5. The fourth-order valence-corrected chi connectivity index (χ4v) is 3.12. The number of hydrogen-bond acceptors (Lipinski definition) is 3. The molecule has 0 saturated heterocycles. The van der Waals surface area contributed by atoms with Gasteiger partial charge in [0.25, 0.3) is 0 Å². The van der Waals surface area contributed by atoms with Crippen molar-refractivity contribution in [2.45, 2.75) is 33.2 Å². The molecule has 0 spiro atoms. The Kier molecular flexibility index (Phi) is 6.65. The highest BCUT2D eigenvalue weighted by Crippen LogP contribution is 2.30. The molecule has 0 aliphatic heterocycles. The zero-order chi connectivity index (χ0) is 18.4. The van der Waals surface area contributed by atoms with Gasteiger partial charge >= 0.3 is 0 Å². The molecule has 0 amide bonds. The third-order valence-electron chi connectivity index (χ3n) is 4.00. The lowest BCUT2D eigenvalue weighted by molar-refractivity contribution is 0.354. The molecule has 5 heteroatoms. The fourth-order valence-electron chi connectivity index (χ4n) is 2.86. The summed E-state index contributed by atoms with van der Waals surface area (Å²) in [5.41, 5.74) is 4.51. The van der Waals surface area contributed by atoms with Crippen molar-refractivity contribution in [1.29, 1.82) is 0 Å². The van der Waals surface area contributed by atoms with Gasteiger partial charge in [-0.15, -0.1) is 0 Å². The van der Waals surface area contributed by atoms with Crippen LogP contribution in [0.2, 0.25) is 0 Å². The van der Waals surface area contributed by atoms with Gasteiger partial charge in [-0.05, 0) is 73.4 Å². The minimum absolute atomic E-state index is 0.0886. The van der Waals surface area contributed by atoms with Crippen LogP contribution in [0.4, 0.5) is 5.69 Å². The Morgan fingerprint density at radius 1 is 1.00 bits per heavy atom. The zero-order valence-corrected chi connectivity index (χ0v) is 16.3. The van der Waals surface area contributed by atoms with E-state index < -0.39 is 0 Å². The van der Waals surface area contributed by atoms with Crippen LogP contribution in [0.5, 0.6) is 11.5 Å². The number of methoxy groups -OCH3 is 2. The van der Waals surface area contributed by atoms with Crippen molar-refractivity contribution in [3.63, 3.8) is 0 Å². The van der Waals surface area contributed by atoms with Crippen molar-refractivity contribution in [2.24, 2.45) is 0 Å². The predicted molar refractivity (Wildman–Crippen MR) is 108 cm³/mol. The molecule has 2 rings (SSSR count). The lowest BCUT2D eigenvalue weighted by atomic mass is 10.0. The molecule has 0 bridgehead atoms. The molecular formula is C20H26N2O2S. The molecule has 0 radical (unpaired) electrons. The average Bonchev–Trinajstić information content (AvgIpc) is 2.58. The van der Waals surface area contributed by atoms with E-state index in [1.807, 2.05) is 18.2 Å². The maximum atomic E-state index is 5.50. The molecule has 0 unspecified atom stereocenters. The second kappa shape index (κ2) is 8.72. The Morgan fingerprint density at radius 2 is 1.64 bits per heavy atom. The quantitative estimate of drug-likeness (QED) is 0.729. The van der Waals surface area contributed by atoms with Crippen LogP contribution in [-0.4, -0.2) is 19.3 Å². The van der Waals surface area contributed by atoms with Crippen molar-refractivity contribution in [1.82, 2.24) is 5.32 Å². The molecule has 0 fully saturated rings. The van der Waals surface area contributed by atoms with E-state index in [1.54, 1.807) is 14.2 Å². The molecule has 4 nitrogen and oxygen atoms in total. The van der Waals surface area contributed by atoms with E-state index in [9.17, 15) is 0 Å². The maximum Gasteiger partial charge on any atom is 0.171 e. The van der Waals surface area contributed by atoms with Gasteiger partial charge in [-0.2, -0.15) is 0 Å². The topological polar surface area (TPSA) is 42.5 Å². The number of ether oxygens (including phenoxy) is 2. The van der Waals surface area contributed by atoms with E-state index in [2.05, 4.69) is 49.6 Å². The minimum atomic E-state index is 0.0886. The van der Waals surface area contributed by atoms with E-state index in [4.69, 9.17) is 21.7 Å². The van der Waals surface area contributed by atoms with Crippen molar-refractivity contribution in [3.05, 3.63) is 53.1 Å². The summed E-state index contributed by atoms with van der Waals surface area (Å²) < 4.78 is 10.7. The van der Waals surface area contributed by atoms with Gasteiger partial charge in [0, 0.05) is 5.69 Å². The van der Waals surface area contributed by atoms with Gasteiger partial charge in [0.05, 0.1) is 20.3 Å². The molecule has 2 aromatic rings. The summed E-state index contributed by atoms with van der Waals surface area (Å²) in [6.07, 6.45) is 0.893. The van der Waals surface area contributed by atoms with Gasteiger partial charge in [0.15, 0.2) is 16.6 Å². The average molecular weight is 359 g/mol. The molecule has 0 saturated carbocycles. The van der Waals surface area contributed by atoms with Gasteiger partial charge in [0.1, 0.15) is 0 Å². The van der Waals surface area contributed by atoms with Crippen LogP contribution in [0.25, 0.3) is 0 Å². The van der Waals surface area contributed by atoms with E-state index in [-0.39, 0.29) is 6.04 Å². The molecule has 0 heterocycles. The summed E-state index contributed by atoms with van der Waals surface area (Å²) in [5.74, 6) is 1.44. The van der Waals surface area contributed by atoms with Crippen LogP contribution in [0, 0.1) is 13.8 Å². The normalized spacial score (nSPS) is 11.6. The maximum absolute atomic E-state index is 5.50. The number of hydrogen-bond donors (Lipinski definition) is 2. The fraction of sp³-hybridized carbons (Fsp3) is 0.350. The largest absolute Gasteiger partial charge is 0.493 e. The molecule has 25 heavy (non-hydrogen) atoms. The first-order valence-electron chi connectivity index (χ1n) is 8.34. The Balaban J connectivity index is 2.12. The van der Waals surface area contributed by atoms with Crippen molar-refractivity contribution in [3.8, 4) is 11.5 Å². The lowest BCUT2D eigenvalue weighted by Gasteiger charge is -2.21. The summed E-state index contributed by atoms with van der Waals surface area (Å²) in [4.78, 5) is 0. The Bertz CT molecular complexity index is 726. The monoisotopic (exact) mass is 358 g/mol. The van der Waals surface area contributed by atoms with Crippen LogP contribution >= 0.6 is 12.2 Å². The predicted octanol–water partition coefficient (Wildman–Crippen LogP) is 4.76. The highest BCUT2D eigenvalue weighted by Gasteiger charge is 2.14. The lowest BCUT2D eigenvalue weighted by Crippen LogP contribution is -2.32. The molecule has 1 atom stereocenters. The third kappa shape index (κ3) is 5.10. The van der Waals surface area contributed by atoms with Crippen molar-refractivity contribution >= 4 is 23.0 Å². The first-order chi connectivity index (χ1) is 12.0. The van der Waals surface area contributed by atoms with Gasteiger partial charge in [-0.3, -0.25) is 0 Å². The van der Waals surface area contributed by atoms with E-state index in [1.165, 1.54) is 11.1 Å². The van der Waals surface area contributed by atoms with Crippen molar-refractivity contribution in [2.75, 3.05) is 19.5 Å². The first-order valence-corrected chi connectivity index (χ1v) is 8.75. The van der Waals surface area contributed by atoms with Crippen LogP contribution in [0.1, 0.15) is 36.1 Å². The van der Waals surface area contributed by atoms with Crippen LogP contribution in [0.15, 0.2) is 36.4 Å². The smallest absolute Gasteiger partial charge is 0.171 e. The minimum Gasteiger partial charge on any atom is -0.493 e. The van der Waals surface area contributed by atoms with Crippen molar-refractivity contribution < 1.29 is 9.47 Å². The third-order valence-corrected chi connectivity index (χ3v) is 4.22. The Hall–Kier alpha value is -2.27. The highest BCUT2D eigenvalue weighted by molar-refractivity contribution is 7.80. The van der Waals surface area contributed by atoms with Gasteiger partial charge in [0.2, 0.25) is 0 Å². The summed E-state index contributed by atoms with van der Waals surface area (Å²) in [6, 6.07) is 12.3. The number of anilines is 1. The number of nitrogens with one attached hydrogen (secondary N) is 2. The molecule has 0 aliphatic carbocycles. The SMILES string of the molecule is CC[C@@H](NC(=S)Nc1cc(C)cc(C)c1)c1ccc(OC)c(OC)c1. The molecule has 0 aliphatic rings. The molecule has 0 aromatic heterocycles. The number of benzene rings is 2. The summed E-state index contributed by atoms with van der Waals surface area (Å²) in [5, 5.41) is 7.26. The van der Waals surface area contributed by atoms with Gasteiger partial charge < -0.3 is 20.1 Å². The summed E-state index contributed by atoms with van der Waals surface area (Å²) >= 11 is 5.50. The van der Waals surface area contributed by atoms with E-state index in [0.29, 0.717) is 10.9 Å². The summed E-state index contributed by atoms with van der Waals surface area (Å²) in [6.45, 7) is 6.27. The Morgan fingerprint density at radius 3 is 2.20 bits per heavy atom. The summed E-state index contributed by atoms with van der Waals surface area (Å²) in [7, 11) is 3.28. The molecule has 134 valence electrons. The van der Waals surface area contributed by atoms with Gasteiger partial charge in [-0.25, -0.2) is 0 Å².